The molecular formula is C39H44Cl2F3N5O2. The van der Waals surface area contributed by atoms with Crippen LogP contribution in [0.25, 0.3) is 22.0 Å². The van der Waals surface area contributed by atoms with Crippen molar-refractivity contribution in [3.05, 3.63) is 88.0 Å². The van der Waals surface area contributed by atoms with Crippen molar-refractivity contribution in [2.24, 2.45) is 5.73 Å². The number of rotatable bonds is 12. The number of ether oxygens (including phenoxy) is 1. The summed E-state index contributed by atoms with van der Waals surface area (Å²) in [5, 5.41) is 5.72. The van der Waals surface area contributed by atoms with Crippen LogP contribution in [0.3, 0.4) is 0 Å². The number of unbranched alkanes of at least 4 members (excludes halogenated alkanes) is 1. The number of halogens is 5. The van der Waals surface area contributed by atoms with Crippen molar-refractivity contribution in [2.45, 2.75) is 88.6 Å². The molecule has 2 bridgehead atoms. The normalized spacial score (nSPS) is 21.0. The monoisotopic (exact) mass is 741 g/mol. The smallest absolute Gasteiger partial charge is 0.406 e. The molecule has 3 saturated heterocycles. The van der Waals surface area contributed by atoms with Crippen molar-refractivity contribution in [2.75, 3.05) is 26.2 Å². The van der Waals surface area contributed by atoms with Gasteiger partial charge in [0.15, 0.2) is 5.78 Å². The summed E-state index contributed by atoms with van der Waals surface area (Å²) in [4.78, 5) is 18.0. The number of alkyl halides is 3. The van der Waals surface area contributed by atoms with E-state index in [2.05, 4.69) is 48.8 Å². The maximum absolute atomic E-state index is 13.0. The van der Waals surface area contributed by atoms with Gasteiger partial charge in [-0.15, -0.1) is 13.2 Å². The highest BCUT2D eigenvalue weighted by Crippen LogP contribution is 2.37. The van der Waals surface area contributed by atoms with E-state index in [-0.39, 0.29) is 11.5 Å². The quantitative estimate of drug-likeness (QED) is 0.143. The Morgan fingerprint density at radius 3 is 2.29 bits per heavy atom. The molecule has 2 atom stereocenters. The number of nitrogens with one attached hydrogen (secondary N) is 1. The first-order valence-corrected chi connectivity index (χ1v) is 18.6. The predicted molar refractivity (Wildman–Crippen MR) is 196 cm³/mol. The van der Waals surface area contributed by atoms with Gasteiger partial charge in [0, 0.05) is 89.5 Å². The molecule has 4 aromatic rings. The van der Waals surface area contributed by atoms with Crippen LogP contribution in [0.2, 0.25) is 10.0 Å². The Morgan fingerprint density at radius 1 is 0.941 bits per heavy atom. The molecule has 3 fully saturated rings. The highest BCUT2D eigenvalue weighted by Gasteiger charge is 2.40. The number of aromatic nitrogens is 1. The minimum Gasteiger partial charge on any atom is -0.406 e. The third-order valence-corrected chi connectivity index (χ3v) is 11.7. The molecule has 3 aromatic carbocycles. The van der Waals surface area contributed by atoms with E-state index in [9.17, 15) is 18.0 Å². The molecule has 0 saturated carbocycles. The maximum atomic E-state index is 13.0. The van der Waals surface area contributed by atoms with E-state index in [4.69, 9.17) is 28.9 Å². The molecule has 2 unspecified atom stereocenters. The first-order chi connectivity index (χ1) is 24.5. The highest BCUT2D eigenvalue weighted by molar-refractivity contribution is 6.36. The molecule has 1 aromatic heterocycles. The lowest BCUT2D eigenvalue weighted by Crippen LogP contribution is -2.54. The molecule has 3 N–H and O–H groups in total. The molecule has 12 heteroatoms. The van der Waals surface area contributed by atoms with Crippen molar-refractivity contribution in [1.82, 2.24) is 19.7 Å². The highest BCUT2D eigenvalue weighted by atomic mass is 35.5. The maximum Gasteiger partial charge on any atom is 0.573 e. The SMILES string of the molecule is NC1(C(=O)CCCCn2cc(-c3ccc(OC(F)(F)F)cc3)c3cc(CN4CC5CCC(C4)N5Cc4c(Cl)cccc4Cl)ccc32)CCNCC1. The number of nitrogens with two attached hydrogens (primary N) is 1. The second kappa shape index (κ2) is 15.1. The van der Waals surface area contributed by atoms with Crippen LogP contribution in [0.5, 0.6) is 5.75 Å². The van der Waals surface area contributed by atoms with Gasteiger partial charge in [-0.3, -0.25) is 14.6 Å². The van der Waals surface area contributed by atoms with Crippen LogP contribution in [0.1, 0.15) is 56.1 Å². The average Bonchev–Trinajstić information content (AvgIpc) is 3.56. The van der Waals surface area contributed by atoms with Gasteiger partial charge in [0.25, 0.3) is 0 Å². The first kappa shape index (κ1) is 36.2. The van der Waals surface area contributed by atoms with Crippen LogP contribution in [0, 0.1) is 0 Å². The van der Waals surface area contributed by atoms with Gasteiger partial charge in [0.2, 0.25) is 0 Å². The van der Waals surface area contributed by atoms with E-state index in [1.54, 1.807) is 12.1 Å². The Balaban J connectivity index is 1.07. The number of likely N-dealkylation sites (tertiary alicyclic amines) is 1. The number of carbonyl (C=O) groups excluding carboxylic acids is 1. The number of hydrogen-bond donors (Lipinski definition) is 2. The molecule has 272 valence electrons. The summed E-state index contributed by atoms with van der Waals surface area (Å²) >= 11 is 13.1. The summed E-state index contributed by atoms with van der Waals surface area (Å²) in [6.45, 7) is 5.68. The van der Waals surface area contributed by atoms with E-state index >= 15 is 0 Å². The summed E-state index contributed by atoms with van der Waals surface area (Å²) in [7, 11) is 0. The van der Waals surface area contributed by atoms with Gasteiger partial charge in [0.05, 0.1) is 5.54 Å². The van der Waals surface area contributed by atoms with Gasteiger partial charge in [-0.1, -0.05) is 47.5 Å². The number of ketones is 1. The predicted octanol–water partition coefficient (Wildman–Crippen LogP) is 8.18. The minimum atomic E-state index is -4.75. The third kappa shape index (κ3) is 8.27. The van der Waals surface area contributed by atoms with E-state index in [0.29, 0.717) is 47.9 Å². The van der Waals surface area contributed by atoms with Gasteiger partial charge in [-0.2, -0.15) is 0 Å². The molecule has 51 heavy (non-hydrogen) atoms. The van der Waals surface area contributed by atoms with Crippen LogP contribution in [0.4, 0.5) is 13.2 Å². The Hall–Kier alpha value is -3.12. The molecule has 7 nitrogen and oxygen atoms in total. The van der Waals surface area contributed by atoms with Crippen molar-refractivity contribution < 1.29 is 22.7 Å². The largest absolute Gasteiger partial charge is 0.573 e. The minimum absolute atomic E-state index is 0.134. The van der Waals surface area contributed by atoms with Gasteiger partial charge in [-0.05, 0) is 99.1 Å². The molecule has 3 aliphatic rings. The Morgan fingerprint density at radius 2 is 1.63 bits per heavy atom. The first-order valence-electron chi connectivity index (χ1n) is 17.9. The van der Waals surface area contributed by atoms with Crippen LogP contribution in [-0.4, -0.2) is 70.3 Å². The number of aryl methyl sites for hydroxylation is 1. The molecule has 4 heterocycles. The molecule has 0 spiro atoms. The van der Waals surface area contributed by atoms with E-state index in [0.717, 1.165) is 92.5 Å². The zero-order chi connectivity index (χ0) is 35.8. The molecule has 0 amide bonds. The lowest BCUT2D eigenvalue weighted by molar-refractivity contribution is -0.274. The standard InChI is InChI=1S/C39H44Cl2F3N5O2/c40-34-4-3-5-35(41)33(34)25-49-28-10-11-29(49)23-47(22-28)21-26-7-14-36-31(20-26)32(27-8-12-30(13-9-27)51-39(42,43)44)24-48(36)19-2-1-6-37(50)38(45)15-17-46-18-16-38/h3-5,7-9,12-14,20,24,28-29,46H,1-2,6,10-11,15-19,21-23,25,45H2. The fourth-order valence-electron chi connectivity index (χ4n) is 8.25. The van der Waals surface area contributed by atoms with Gasteiger partial charge in [-0.25, -0.2) is 0 Å². The number of hydrogen-bond acceptors (Lipinski definition) is 6. The summed E-state index contributed by atoms with van der Waals surface area (Å²) < 4.78 is 44.9. The van der Waals surface area contributed by atoms with E-state index in [1.165, 1.54) is 17.7 Å². The Kier molecular flexibility index (Phi) is 10.7. The zero-order valence-corrected chi connectivity index (χ0v) is 30.0. The molecule has 0 radical (unpaired) electrons. The number of piperidine rings is 1. The average molecular weight is 743 g/mol. The van der Waals surface area contributed by atoms with Gasteiger partial charge < -0.3 is 20.4 Å². The van der Waals surface area contributed by atoms with Crippen LogP contribution in [0.15, 0.2) is 66.9 Å². The topological polar surface area (TPSA) is 75.8 Å². The molecule has 3 aliphatic heterocycles. The second-order valence-corrected chi connectivity index (χ2v) is 15.2. The summed E-state index contributed by atoms with van der Waals surface area (Å²) in [5.74, 6) is -0.118. The van der Waals surface area contributed by atoms with Gasteiger partial charge >= 0.3 is 6.36 Å². The van der Waals surface area contributed by atoms with Crippen molar-refractivity contribution in [1.29, 1.82) is 0 Å². The summed E-state index contributed by atoms with van der Waals surface area (Å²) in [5.41, 5.74) is 10.7. The lowest BCUT2D eigenvalue weighted by atomic mass is 9.83. The number of Topliss-reactive ketones (excluding diaryl/α,β-unsaturated/α-hetero) is 1. The number of nitrogens with zero attached hydrogens (tertiary/aromatic N) is 3. The fraction of sp³-hybridized carbons (Fsp3) is 0.462. The fourth-order valence-corrected chi connectivity index (χ4v) is 8.77. The molecule has 0 aliphatic carbocycles. The zero-order valence-electron chi connectivity index (χ0n) is 28.5. The van der Waals surface area contributed by atoms with Crippen molar-refractivity contribution in [3.8, 4) is 16.9 Å². The van der Waals surface area contributed by atoms with E-state index < -0.39 is 11.9 Å². The molecule has 7 rings (SSSR count). The second-order valence-electron chi connectivity index (χ2n) is 14.4. The van der Waals surface area contributed by atoms with Crippen LogP contribution < -0.4 is 15.8 Å². The summed E-state index contributed by atoms with van der Waals surface area (Å²) in [6.07, 6.45) is 2.92. The van der Waals surface area contributed by atoms with Gasteiger partial charge in [0.1, 0.15) is 5.75 Å². The van der Waals surface area contributed by atoms with Crippen molar-refractivity contribution >= 4 is 39.9 Å². The number of fused-ring (bicyclic) bond motifs is 3. The Bertz CT molecular complexity index is 1820. The van der Waals surface area contributed by atoms with E-state index in [1.807, 2.05) is 18.2 Å². The number of benzene rings is 3. The lowest BCUT2D eigenvalue weighted by Gasteiger charge is -2.41. The summed E-state index contributed by atoms with van der Waals surface area (Å²) in [6, 6.07) is 19.1. The van der Waals surface area contributed by atoms with Crippen molar-refractivity contribution in [3.63, 3.8) is 0 Å². The molecular weight excluding hydrogens is 698 g/mol. The van der Waals surface area contributed by atoms with Crippen LogP contribution in [-0.2, 0) is 24.4 Å². The Labute approximate surface area is 306 Å². The number of piperazine rings is 1. The van der Waals surface area contributed by atoms with Crippen LogP contribution >= 0.6 is 23.2 Å². The number of carbonyl (C=O) groups is 1. The third-order valence-electron chi connectivity index (χ3n) is 11.0.